The molecule has 1 atom stereocenters. The Labute approximate surface area is 141 Å². The number of ether oxygens (including phenoxy) is 2. The van der Waals surface area contributed by atoms with Crippen molar-refractivity contribution in [1.82, 2.24) is 0 Å². The Morgan fingerprint density at radius 1 is 1.39 bits per heavy atom. The smallest absolute Gasteiger partial charge is 0.341 e. The van der Waals surface area contributed by atoms with Gasteiger partial charge in [-0.2, -0.15) is 0 Å². The summed E-state index contributed by atoms with van der Waals surface area (Å²) in [5.74, 6) is -0.0598. The van der Waals surface area contributed by atoms with Gasteiger partial charge in [0.25, 0.3) is 0 Å². The number of carbonyl (C=O) groups is 2. The van der Waals surface area contributed by atoms with Gasteiger partial charge >= 0.3 is 5.97 Å². The molecular weight excluding hydrogens is 314 g/mol. The maximum atomic E-state index is 12.4. The number of amides is 1. The molecule has 0 saturated heterocycles. The predicted molar refractivity (Wildman–Crippen MR) is 90.9 cm³/mol. The SMILES string of the molecule is CCCC(=O)Nc1sc2c(c1C(=O)OCC)C[C@@H](C(C)C)OC2. The first-order chi connectivity index (χ1) is 11.0. The second-order valence-corrected chi connectivity index (χ2v) is 7.13. The Kier molecular flexibility index (Phi) is 6.18. The predicted octanol–water partition coefficient (Wildman–Crippen LogP) is 3.76. The molecule has 0 fully saturated rings. The van der Waals surface area contributed by atoms with Crippen molar-refractivity contribution in [3.8, 4) is 0 Å². The van der Waals surface area contributed by atoms with Crippen LogP contribution >= 0.6 is 11.3 Å². The summed E-state index contributed by atoms with van der Waals surface area (Å²) in [6.45, 7) is 8.75. The lowest BCUT2D eigenvalue weighted by Gasteiger charge is -2.26. The lowest BCUT2D eigenvalue weighted by atomic mass is 9.94. The highest BCUT2D eigenvalue weighted by Crippen LogP contribution is 2.39. The molecule has 1 aliphatic heterocycles. The molecule has 0 radical (unpaired) electrons. The summed E-state index contributed by atoms with van der Waals surface area (Å²) in [6.07, 6.45) is 1.98. The van der Waals surface area contributed by atoms with E-state index in [-0.39, 0.29) is 18.0 Å². The molecular formula is C17H25NO4S. The minimum Gasteiger partial charge on any atom is -0.462 e. The molecule has 0 aliphatic carbocycles. The fourth-order valence-electron chi connectivity index (χ4n) is 2.64. The number of fused-ring (bicyclic) bond motifs is 1. The third kappa shape index (κ3) is 4.12. The summed E-state index contributed by atoms with van der Waals surface area (Å²) >= 11 is 1.43. The minimum absolute atomic E-state index is 0.0713. The van der Waals surface area contributed by atoms with Gasteiger partial charge < -0.3 is 14.8 Å². The summed E-state index contributed by atoms with van der Waals surface area (Å²) in [5, 5.41) is 3.47. The van der Waals surface area contributed by atoms with E-state index < -0.39 is 0 Å². The van der Waals surface area contributed by atoms with E-state index in [1.807, 2.05) is 6.92 Å². The third-order valence-corrected chi connectivity index (χ3v) is 5.00. The van der Waals surface area contributed by atoms with Gasteiger partial charge in [0, 0.05) is 17.7 Å². The molecule has 5 nitrogen and oxygen atoms in total. The van der Waals surface area contributed by atoms with Crippen molar-refractivity contribution in [3.05, 3.63) is 16.0 Å². The van der Waals surface area contributed by atoms with Crippen molar-refractivity contribution >= 4 is 28.2 Å². The molecule has 0 spiro atoms. The molecule has 1 aliphatic rings. The molecule has 0 bridgehead atoms. The highest BCUT2D eigenvalue weighted by molar-refractivity contribution is 7.17. The summed E-state index contributed by atoms with van der Waals surface area (Å²) in [5.41, 5.74) is 1.50. The Morgan fingerprint density at radius 2 is 2.13 bits per heavy atom. The van der Waals surface area contributed by atoms with Crippen molar-refractivity contribution in [1.29, 1.82) is 0 Å². The van der Waals surface area contributed by atoms with Crippen molar-refractivity contribution < 1.29 is 19.1 Å². The minimum atomic E-state index is -0.360. The van der Waals surface area contributed by atoms with Crippen molar-refractivity contribution in [2.45, 2.75) is 59.7 Å². The van der Waals surface area contributed by atoms with Gasteiger partial charge in [-0.15, -0.1) is 11.3 Å². The molecule has 0 unspecified atom stereocenters. The Balaban J connectivity index is 2.35. The van der Waals surface area contributed by atoms with Crippen LogP contribution in [-0.4, -0.2) is 24.6 Å². The normalized spacial score (nSPS) is 17.0. The number of nitrogens with one attached hydrogen (secondary N) is 1. The number of carbonyl (C=O) groups excluding carboxylic acids is 2. The second-order valence-electron chi connectivity index (χ2n) is 6.02. The average molecular weight is 339 g/mol. The van der Waals surface area contributed by atoms with Crippen LogP contribution in [0.15, 0.2) is 0 Å². The maximum Gasteiger partial charge on any atom is 0.341 e. The molecule has 0 saturated carbocycles. The van der Waals surface area contributed by atoms with Crippen LogP contribution in [0.4, 0.5) is 5.00 Å². The Hall–Kier alpha value is -1.40. The van der Waals surface area contributed by atoms with Crippen LogP contribution < -0.4 is 5.32 Å². The van der Waals surface area contributed by atoms with Gasteiger partial charge in [0.05, 0.1) is 24.9 Å². The molecule has 23 heavy (non-hydrogen) atoms. The van der Waals surface area contributed by atoms with Gasteiger partial charge in [0.15, 0.2) is 0 Å². The lowest BCUT2D eigenvalue weighted by Crippen LogP contribution is -2.27. The standard InChI is InChI=1S/C17H25NO4S/c1-5-7-14(19)18-16-15(17(20)21-6-2)11-8-12(10(3)4)22-9-13(11)23-16/h10,12H,5-9H2,1-4H3,(H,18,19)/t12-/m0/s1. The molecule has 2 rings (SSSR count). The van der Waals surface area contributed by atoms with Gasteiger partial charge in [-0.1, -0.05) is 20.8 Å². The van der Waals surface area contributed by atoms with Crippen LogP contribution in [0, 0.1) is 5.92 Å². The van der Waals surface area contributed by atoms with Gasteiger partial charge in [-0.25, -0.2) is 4.79 Å². The molecule has 1 N–H and O–H groups in total. The van der Waals surface area contributed by atoms with E-state index in [0.717, 1.165) is 16.9 Å². The number of rotatable bonds is 6. The molecule has 1 aromatic rings. The van der Waals surface area contributed by atoms with E-state index in [1.54, 1.807) is 6.92 Å². The van der Waals surface area contributed by atoms with Gasteiger partial charge in [-0.3, -0.25) is 4.79 Å². The fourth-order valence-corrected chi connectivity index (χ4v) is 3.79. The molecule has 1 amide bonds. The topological polar surface area (TPSA) is 64.6 Å². The first-order valence-electron chi connectivity index (χ1n) is 8.20. The van der Waals surface area contributed by atoms with Crippen LogP contribution in [0.2, 0.25) is 0 Å². The maximum absolute atomic E-state index is 12.4. The third-order valence-electron chi connectivity index (χ3n) is 3.88. The second kappa shape index (κ2) is 7.93. The zero-order chi connectivity index (χ0) is 17.0. The summed E-state index contributed by atoms with van der Waals surface area (Å²) in [6, 6.07) is 0. The summed E-state index contributed by atoms with van der Waals surface area (Å²) < 4.78 is 11.1. The quantitative estimate of drug-likeness (QED) is 0.802. The first-order valence-corrected chi connectivity index (χ1v) is 9.02. The summed E-state index contributed by atoms with van der Waals surface area (Å²) in [7, 11) is 0. The van der Waals surface area contributed by atoms with Crippen LogP contribution in [0.1, 0.15) is 61.3 Å². The number of thiophene rings is 1. The molecule has 2 heterocycles. The van der Waals surface area contributed by atoms with E-state index in [1.165, 1.54) is 11.3 Å². The average Bonchev–Trinajstić information content (AvgIpc) is 2.84. The summed E-state index contributed by atoms with van der Waals surface area (Å²) in [4.78, 5) is 25.4. The highest BCUT2D eigenvalue weighted by atomic mass is 32.1. The Morgan fingerprint density at radius 3 is 2.74 bits per heavy atom. The zero-order valence-corrected chi connectivity index (χ0v) is 15.0. The molecule has 1 aromatic heterocycles. The van der Waals surface area contributed by atoms with Crippen LogP contribution in [0.3, 0.4) is 0 Å². The van der Waals surface area contributed by atoms with Crippen LogP contribution in [0.25, 0.3) is 0 Å². The van der Waals surface area contributed by atoms with E-state index >= 15 is 0 Å². The molecule has 0 aromatic carbocycles. The molecule has 128 valence electrons. The number of anilines is 1. The Bertz CT molecular complexity index is 579. The highest BCUT2D eigenvalue weighted by Gasteiger charge is 2.31. The van der Waals surface area contributed by atoms with Gasteiger partial charge in [-0.05, 0) is 24.8 Å². The number of hydrogen-bond donors (Lipinski definition) is 1. The largest absolute Gasteiger partial charge is 0.462 e. The molecule has 6 heteroatoms. The van der Waals surface area contributed by atoms with Crippen LogP contribution in [-0.2, 0) is 27.3 Å². The van der Waals surface area contributed by atoms with E-state index in [0.29, 0.717) is 42.5 Å². The zero-order valence-electron chi connectivity index (χ0n) is 14.2. The lowest BCUT2D eigenvalue weighted by molar-refractivity contribution is -0.116. The van der Waals surface area contributed by atoms with Crippen molar-refractivity contribution in [3.63, 3.8) is 0 Å². The van der Waals surface area contributed by atoms with Gasteiger partial charge in [0.1, 0.15) is 5.00 Å². The first kappa shape index (κ1) is 17.9. The van der Waals surface area contributed by atoms with E-state index in [2.05, 4.69) is 19.2 Å². The van der Waals surface area contributed by atoms with Gasteiger partial charge in [0.2, 0.25) is 5.91 Å². The van der Waals surface area contributed by atoms with E-state index in [4.69, 9.17) is 9.47 Å². The number of hydrogen-bond acceptors (Lipinski definition) is 5. The van der Waals surface area contributed by atoms with Crippen LogP contribution in [0.5, 0.6) is 0 Å². The fraction of sp³-hybridized carbons (Fsp3) is 0.647. The van der Waals surface area contributed by atoms with Crippen molar-refractivity contribution in [2.75, 3.05) is 11.9 Å². The van der Waals surface area contributed by atoms with E-state index in [9.17, 15) is 9.59 Å². The number of esters is 1. The monoisotopic (exact) mass is 339 g/mol. The van der Waals surface area contributed by atoms with Crippen molar-refractivity contribution in [2.24, 2.45) is 5.92 Å².